The van der Waals surface area contributed by atoms with E-state index in [-0.39, 0.29) is 17.8 Å². The van der Waals surface area contributed by atoms with E-state index in [0.29, 0.717) is 6.54 Å². The van der Waals surface area contributed by atoms with E-state index < -0.39 is 29.4 Å². The van der Waals surface area contributed by atoms with Crippen LogP contribution in [0.2, 0.25) is 0 Å². The zero-order valence-corrected chi connectivity index (χ0v) is 16.0. The summed E-state index contributed by atoms with van der Waals surface area (Å²) >= 11 is 0. The molecule has 6 nitrogen and oxygen atoms in total. The minimum Gasteiger partial charge on any atom is -0.451 e. The van der Waals surface area contributed by atoms with Crippen molar-refractivity contribution in [3.8, 4) is 0 Å². The molecule has 0 N–H and O–H groups in total. The highest BCUT2D eigenvalue weighted by molar-refractivity contribution is 5.71. The Hall–Kier alpha value is -1.77. The van der Waals surface area contributed by atoms with Crippen LogP contribution in [0.5, 0.6) is 0 Å². The molecule has 0 spiro atoms. The molecule has 6 heteroatoms. The van der Waals surface area contributed by atoms with Gasteiger partial charge in [-0.1, -0.05) is 27.7 Å². The van der Waals surface area contributed by atoms with Gasteiger partial charge in [-0.05, 0) is 26.7 Å². The van der Waals surface area contributed by atoms with Gasteiger partial charge in [-0.3, -0.25) is 9.64 Å². The third-order valence-electron chi connectivity index (χ3n) is 4.59. The monoisotopic (exact) mass is 338 g/mol. The van der Waals surface area contributed by atoms with Crippen LogP contribution in [0.15, 0.2) is 0 Å². The van der Waals surface area contributed by atoms with E-state index in [2.05, 4.69) is 4.85 Å². The van der Waals surface area contributed by atoms with Crippen LogP contribution >= 0.6 is 0 Å². The Balaban J connectivity index is 3.38. The number of amides is 1. The fraction of sp³-hybridized carbons (Fsp3) is 0.833. The van der Waals surface area contributed by atoms with Crippen molar-refractivity contribution in [3.05, 3.63) is 11.4 Å². The Morgan fingerprint density at radius 1 is 1.29 bits per heavy atom. The van der Waals surface area contributed by atoms with E-state index in [0.717, 1.165) is 0 Å². The molecule has 1 aliphatic heterocycles. The summed E-state index contributed by atoms with van der Waals surface area (Å²) in [5, 5.41) is 0. The van der Waals surface area contributed by atoms with Crippen molar-refractivity contribution < 1.29 is 19.1 Å². The first-order chi connectivity index (χ1) is 10.9. The maximum absolute atomic E-state index is 12.8. The quantitative estimate of drug-likeness (QED) is 0.581. The van der Waals surface area contributed by atoms with Crippen LogP contribution in [0.1, 0.15) is 55.4 Å². The molecular weight excluding hydrogens is 308 g/mol. The Morgan fingerprint density at radius 3 is 2.21 bits per heavy atom. The minimum absolute atomic E-state index is 0.132. The molecule has 0 unspecified atom stereocenters. The molecule has 0 aliphatic carbocycles. The normalized spacial score (nSPS) is 28.4. The van der Waals surface area contributed by atoms with Crippen molar-refractivity contribution in [1.29, 1.82) is 0 Å². The third-order valence-corrected chi connectivity index (χ3v) is 4.59. The predicted octanol–water partition coefficient (Wildman–Crippen LogP) is 3.71. The van der Waals surface area contributed by atoms with Crippen LogP contribution in [0, 0.1) is 24.3 Å². The van der Waals surface area contributed by atoms with Crippen molar-refractivity contribution in [1.82, 2.24) is 4.90 Å². The molecule has 1 aliphatic rings. The number of hydrogen-bond donors (Lipinski definition) is 0. The van der Waals surface area contributed by atoms with Gasteiger partial charge in [0.1, 0.15) is 5.60 Å². The number of likely N-dealkylation sites (tertiary alicyclic amines) is 1. The highest BCUT2D eigenvalue weighted by Crippen LogP contribution is 2.45. The van der Waals surface area contributed by atoms with Gasteiger partial charge >= 0.3 is 17.7 Å². The number of rotatable bonds is 3. The average Bonchev–Trinajstić information content (AvgIpc) is 2.69. The lowest BCUT2D eigenvalue weighted by Crippen LogP contribution is -2.58. The molecule has 0 aromatic rings. The molecule has 0 aromatic heterocycles. The van der Waals surface area contributed by atoms with Crippen molar-refractivity contribution in [2.24, 2.45) is 17.8 Å². The fourth-order valence-electron chi connectivity index (χ4n) is 3.24. The van der Waals surface area contributed by atoms with Gasteiger partial charge in [-0.15, -0.1) is 0 Å². The fourth-order valence-corrected chi connectivity index (χ4v) is 3.24. The zero-order chi connectivity index (χ0) is 18.9. The van der Waals surface area contributed by atoms with Gasteiger partial charge in [0, 0.05) is 19.4 Å². The van der Waals surface area contributed by atoms with Gasteiger partial charge in [0.05, 0.1) is 5.92 Å². The van der Waals surface area contributed by atoms with E-state index >= 15 is 0 Å². The molecule has 1 fully saturated rings. The largest absolute Gasteiger partial charge is 0.451 e. The van der Waals surface area contributed by atoms with Crippen LogP contribution in [0.4, 0.5) is 4.79 Å². The predicted molar refractivity (Wildman–Crippen MR) is 91.0 cm³/mol. The molecule has 1 heterocycles. The standard InChI is InChI=1S/C18H30N2O4/c1-11(2)13(4)18(19-9)15(23-14(5)21)12(3)10-20(18)16(22)24-17(6,7)8/h11-13,15H,10H2,1-8H3/t12-,13-,15+,18+/m0/s1. The van der Waals surface area contributed by atoms with Crippen LogP contribution in [0.3, 0.4) is 0 Å². The summed E-state index contributed by atoms with van der Waals surface area (Å²) in [7, 11) is 0. The van der Waals surface area contributed by atoms with Gasteiger partial charge in [0.15, 0.2) is 0 Å². The number of hydrogen-bond acceptors (Lipinski definition) is 4. The Kier molecular flexibility index (Phi) is 5.91. The summed E-state index contributed by atoms with van der Waals surface area (Å²) in [6.45, 7) is 22.7. The zero-order valence-electron chi connectivity index (χ0n) is 16.0. The molecule has 0 saturated carbocycles. The van der Waals surface area contributed by atoms with Crippen LogP contribution < -0.4 is 0 Å². The minimum atomic E-state index is -1.25. The van der Waals surface area contributed by atoms with Gasteiger partial charge in [-0.25, -0.2) is 16.3 Å². The summed E-state index contributed by atoms with van der Waals surface area (Å²) in [5.41, 5.74) is -1.91. The summed E-state index contributed by atoms with van der Waals surface area (Å²) in [6.07, 6.45) is -1.20. The van der Waals surface area contributed by atoms with Gasteiger partial charge in [0.25, 0.3) is 0 Å². The molecule has 1 rings (SSSR count). The Labute approximate surface area is 145 Å². The van der Waals surface area contributed by atoms with Crippen molar-refractivity contribution in [2.75, 3.05) is 6.54 Å². The first-order valence-electron chi connectivity index (χ1n) is 8.43. The lowest BCUT2D eigenvalue weighted by Gasteiger charge is -2.37. The SMILES string of the molecule is [C-]#[N+][C@@]1([C@@H](C)C(C)C)[C@H](OC(C)=O)[C@@H](C)CN1C(=O)OC(C)(C)C. The van der Waals surface area contributed by atoms with Crippen LogP contribution in [-0.4, -0.2) is 40.9 Å². The molecule has 136 valence electrons. The Bertz CT molecular complexity index is 532. The molecule has 1 amide bonds. The molecule has 0 aromatic carbocycles. The first kappa shape index (κ1) is 20.3. The van der Waals surface area contributed by atoms with Gasteiger partial charge in [-0.2, -0.15) is 0 Å². The lowest BCUT2D eigenvalue weighted by atomic mass is 9.80. The van der Waals surface area contributed by atoms with Crippen molar-refractivity contribution in [2.45, 2.75) is 72.8 Å². The van der Waals surface area contributed by atoms with Gasteiger partial charge in [0.2, 0.25) is 6.10 Å². The second kappa shape index (κ2) is 7.00. The summed E-state index contributed by atoms with van der Waals surface area (Å²) in [5.74, 6) is -0.636. The van der Waals surface area contributed by atoms with E-state index in [1.807, 2.05) is 27.7 Å². The molecule has 1 saturated heterocycles. The second-order valence-corrected chi connectivity index (χ2v) is 8.03. The van der Waals surface area contributed by atoms with E-state index in [4.69, 9.17) is 16.0 Å². The Morgan fingerprint density at radius 2 is 1.83 bits per heavy atom. The van der Waals surface area contributed by atoms with Crippen molar-refractivity contribution >= 4 is 12.1 Å². The smallest absolute Gasteiger partial charge is 0.416 e. The number of ether oxygens (including phenoxy) is 2. The molecule has 0 radical (unpaired) electrons. The van der Waals surface area contributed by atoms with E-state index in [1.165, 1.54) is 11.8 Å². The lowest BCUT2D eigenvalue weighted by molar-refractivity contribution is -0.153. The number of esters is 1. The third kappa shape index (κ3) is 3.82. The highest BCUT2D eigenvalue weighted by Gasteiger charge is 2.67. The first-order valence-corrected chi connectivity index (χ1v) is 8.43. The van der Waals surface area contributed by atoms with Crippen molar-refractivity contribution in [3.63, 3.8) is 0 Å². The van der Waals surface area contributed by atoms with Crippen LogP contribution in [-0.2, 0) is 14.3 Å². The molecule has 24 heavy (non-hydrogen) atoms. The molecule has 4 atom stereocenters. The second-order valence-electron chi connectivity index (χ2n) is 8.03. The molecular formula is C18H30N2O4. The maximum Gasteiger partial charge on any atom is 0.416 e. The maximum atomic E-state index is 12.8. The summed E-state index contributed by atoms with van der Waals surface area (Å²) in [4.78, 5) is 29.7. The number of carbonyl (C=O) groups excluding carboxylic acids is 2. The highest BCUT2D eigenvalue weighted by atomic mass is 16.6. The van der Waals surface area contributed by atoms with Crippen LogP contribution in [0.25, 0.3) is 4.85 Å². The van der Waals surface area contributed by atoms with Gasteiger partial charge < -0.3 is 9.47 Å². The molecule has 0 bridgehead atoms. The van der Waals surface area contributed by atoms with E-state index in [9.17, 15) is 9.59 Å². The topological polar surface area (TPSA) is 60.2 Å². The average molecular weight is 338 g/mol. The van der Waals surface area contributed by atoms with E-state index in [1.54, 1.807) is 20.8 Å². The summed E-state index contributed by atoms with van der Waals surface area (Å²) in [6, 6.07) is 0. The number of carbonyl (C=O) groups is 2. The number of nitrogens with zero attached hydrogens (tertiary/aromatic N) is 2. The summed E-state index contributed by atoms with van der Waals surface area (Å²) < 4.78 is 11.0.